The Labute approximate surface area is 247 Å². The highest BCUT2D eigenvalue weighted by Crippen LogP contribution is 2.33. The Kier molecular flexibility index (Phi) is 15.0. The molecule has 1 aromatic carbocycles. The smallest absolute Gasteiger partial charge is 0.338 e. The van der Waals surface area contributed by atoms with Crippen LogP contribution in [0.1, 0.15) is 132 Å². The molecule has 0 aromatic heterocycles. The summed E-state index contributed by atoms with van der Waals surface area (Å²) in [5.41, 5.74) is 1.76. The van der Waals surface area contributed by atoms with E-state index in [2.05, 4.69) is 13.5 Å². The van der Waals surface area contributed by atoms with E-state index in [-0.39, 0.29) is 36.0 Å². The SMILES string of the molecule is C=CC(=O)OCCCCCCc1ccc(C(=O)OC2CCC(C(=O)OC3CCC(CCCCCC)CC3)CC2)cc1. The van der Waals surface area contributed by atoms with Crippen LogP contribution in [0.5, 0.6) is 0 Å². The topological polar surface area (TPSA) is 78.9 Å². The zero-order chi connectivity index (χ0) is 29.3. The van der Waals surface area contributed by atoms with E-state index in [1.54, 1.807) is 0 Å². The van der Waals surface area contributed by atoms with Gasteiger partial charge in [0.15, 0.2) is 0 Å². The standard InChI is InChI=1S/C35H52O6/c1-3-5-6-9-12-28-16-22-31(23-17-28)40-35(38)30-20-24-32(25-21-30)41-34(37)29-18-14-27(15-19-29)13-10-7-8-11-26-39-33(36)4-2/h4,14-15,18-19,28,30-32H,2-3,5-13,16-17,20-26H2,1H3. The summed E-state index contributed by atoms with van der Waals surface area (Å²) in [5, 5.41) is 0. The van der Waals surface area contributed by atoms with Crippen LogP contribution >= 0.6 is 0 Å². The number of aryl methyl sites for hydroxylation is 1. The second kappa shape index (κ2) is 18.7. The summed E-state index contributed by atoms with van der Waals surface area (Å²) in [6.45, 7) is 6.07. The molecule has 6 nitrogen and oxygen atoms in total. The van der Waals surface area contributed by atoms with E-state index in [0.29, 0.717) is 25.0 Å². The molecule has 228 valence electrons. The molecule has 1 aromatic rings. The average Bonchev–Trinajstić information content (AvgIpc) is 3.00. The molecule has 0 amide bonds. The number of carbonyl (C=O) groups is 3. The van der Waals surface area contributed by atoms with Gasteiger partial charge in [0.05, 0.1) is 18.1 Å². The van der Waals surface area contributed by atoms with Gasteiger partial charge in [0.25, 0.3) is 0 Å². The van der Waals surface area contributed by atoms with Crippen molar-refractivity contribution in [2.24, 2.45) is 11.8 Å². The molecule has 0 bridgehead atoms. The first-order valence-corrected chi connectivity index (χ1v) is 16.3. The lowest BCUT2D eigenvalue weighted by Crippen LogP contribution is -2.32. The number of benzene rings is 1. The van der Waals surface area contributed by atoms with Crippen LogP contribution in [0.15, 0.2) is 36.9 Å². The second-order valence-electron chi connectivity index (χ2n) is 12.0. The van der Waals surface area contributed by atoms with Gasteiger partial charge in [0.1, 0.15) is 12.2 Å². The maximum absolute atomic E-state index is 12.8. The van der Waals surface area contributed by atoms with E-state index < -0.39 is 0 Å². The Morgan fingerprint density at radius 1 is 0.780 bits per heavy atom. The zero-order valence-electron chi connectivity index (χ0n) is 25.3. The fraction of sp³-hybridized carbons (Fsp3) is 0.686. The van der Waals surface area contributed by atoms with Gasteiger partial charge in [0, 0.05) is 6.08 Å². The molecule has 0 N–H and O–H groups in total. The van der Waals surface area contributed by atoms with Crippen LogP contribution < -0.4 is 0 Å². The van der Waals surface area contributed by atoms with Crippen LogP contribution in [-0.4, -0.2) is 36.7 Å². The third-order valence-corrected chi connectivity index (χ3v) is 8.78. The van der Waals surface area contributed by atoms with Gasteiger partial charge in [0.2, 0.25) is 0 Å². The lowest BCUT2D eigenvalue weighted by Gasteiger charge is -2.31. The summed E-state index contributed by atoms with van der Waals surface area (Å²) in [6.07, 6.45) is 19.9. The van der Waals surface area contributed by atoms with Gasteiger partial charge in [-0.2, -0.15) is 0 Å². The average molecular weight is 569 g/mol. The zero-order valence-corrected chi connectivity index (χ0v) is 25.3. The number of hydrogen-bond donors (Lipinski definition) is 0. The third-order valence-electron chi connectivity index (χ3n) is 8.78. The Balaban J connectivity index is 1.26. The highest BCUT2D eigenvalue weighted by Gasteiger charge is 2.32. The molecule has 0 spiro atoms. The van der Waals surface area contributed by atoms with Gasteiger partial charge >= 0.3 is 17.9 Å². The largest absolute Gasteiger partial charge is 0.463 e. The first-order valence-electron chi connectivity index (χ1n) is 16.3. The fourth-order valence-electron chi connectivity index (χ4n) is 6.12. The normalized spacial score (nSPS) is 22.5. The minimum atomic E-state index is -0.369. The Hall–Kier alpha value is -2.63. The van der Waals surface area contributed by atoms with Gasteiger partial charge in [-0.1, -0.05) is 70.6 Å². The number of esters is 3. The molecule has 2 fully saturated rings. The van der Waals surface area contributed by atoms with Gasteiger partial charge in [-0.05, 0) is 94.2 Å². The van der Waals surface area contributed by atoms with Crippen molar-refractivity contribution in [2.45, 2.75) is 135 Å². The molecule has 2 saturated carbocycles. The quantitative estimate of drug-likeness (QED) is 0.0814. The van der Waals surface area contributed by atoms with Crippen LogP contribution in [0.25, 0.3) is 0 Å². The molecule has 0 atom stereocenters. The van der Waals surface area contributed by atoms with E-state index in [4.69, 9.17) is 14.2 Å². The Bertz CT molecular complexity index is 922. The van der Waals surface area contributed by atoms with Crippen molar-refractivity contribution in [1.29, 1.82) is 0 Å². The molecule has 0 aliphatic heterocycles. The van der Waals surface area contributed by atoms with Crippen molar-refractivity contribution in [3.05, 3.63) is 48.0 Å². The van der Waals surface area contributed by atoms with E-state index in [0.717, 1.165) is 63.7 Å². The van der Waals surface area contributed by atoms with E-state index in [9.17, 15) is 14.4 Å². The van der Waals surface area contributed by atoms with Crippen LogP contribution in [0.2, 0.25) is 0 Å². The third kappa shape index (κ3) is 12.4. The molecule has 41 heavy (non-hydrogen) atoms. The fourth-order valence-corrected chi connectivity index (χ4v) is 6.12. The number of ether oxygens (including phenoxy) is 3. The molecular formula is C35H52O6. The molecule has 2 aliphatic rings. The Morgan fingerprint density at radius 3 is 2.10 bits per heavy atom. The monoisotopic (exact) mass is 568 g/mol. The van der Waals surface area contributed by atoms with Crippen molar-refractivity contribution in [3.63, 3.8) is 0 Å². The van der Waals surface area contributed by atoms with Crippen LogP contribution in [0.3, 0.4) is 0 Å². The van der Waals surface area contributed by atoms with Crippen LogP contribution in [0.4, 0.5) is 0 Å². The predicted octanol–water partition coefficient (Wildman–Crippen LogP) is 8.31. The summed E-state index contributed by atoms with van der Waals surface area (Å²) in [7, 11) is 0. The minimum absolute atomic E-state index is 0.0483. The second-order valence-corrected chi connectivity index (χ2v) is 12.0. The molecule has 0 heterocycles. The lowest BCUT2D eigenvalue weighted by molar-refractivity contribution is -0.157. The van der Waals surface area contributed by atoms with E-state index >= 15 is 0 Å². The van der Waals surface area contributed by atoms with Gasteiger partial charge in [-0.3, -0.25) is 4.79 Å². The maximum Gasteiger partial charge on any atom is 0.338 e. The van der Waals surface area contributed by atoms with Crippen LogP contribution in [0, 0.1) is 11.8 Å². The highest BCUT2D eigenvalue weighted by molar-refractivity contribution is 5.89. The summed E-state index contributed by atoms with van der Waals surface area (Å²) >= 11 is 0. The molecule has 0 saturated heterocycles. The molecule has 2 aliphatic carbocycles. The number of carbonyl (C=O) groups excluding carboxylic acids is 3. The number of unbranched alkanes of at least 4 members (excludes halogenated alkanes) is 6. The van der Waals surface area contributed by atoms with Gasteiger partial charge in [-0.15, -0.1) is 0 Å². The molecule has 0 unspecified atom stereocenters. The first kappa shape index (κ1) is 32.9. The van der Waals surface area contributed by atoms with Gasteiger partial charge < -0.3 is 14.2 Å². The Morgan fingerprint density at radius 2 is 1.41 bits per heavy atom. The van der Waals surface area contributed by atoms with Crippen molar-refractivity contribution in [2.75, 3.05) is 6.61 Å². The molecule has 0 radical (unpaired) electrons. The predicted molar refractivity (Wildman–Crippen MR) is 162 cm³/mol. The van der Waals surface area contributed by atoms with Crippen LogP contribution in [-0.2, 0) is 30.2 Å². The molecular weight excluding hydrogens is 516 g/mol. The maximum atomic E-state index is 12.8. The van der Waals surface area contributed by atoms with Gasteiger partial charge in [-0.25, -0.2) is 9.59 Å². The van der Waals surface area contributed by atoms with Crippen molar-refractivity contribution in [3.8, 4) is 0 Å². The lowest BCUT2D eigenvalue weighted by atomic mass is 9.83. The van der Waals surface area contributed by atoms with E-state index in [1.165, 1.54) is 56.6 Å². The number of hydrogen-bond acceptors (Lipinski definition) is 6. The number of rotatable bonds is 17. The highest BCUT2D eigenvalue weighted by atomic mass is 16.5. The minimum Gasteiger partial charge on any atom is -0.463 e. The summed E-state index contributed by atoms with van der Waals surface area (Å²) in [5.74, 6) is 0.0302. The van der Waals surface area contributed by atoms with Crippen molar-refractivity contribution < 1.29 is 28.6 Å². The summed E-state index contributed by atoms with van der Waals surface area (Å²) in [6, 6.07) is 7.68. The van der Waals surface area contributed by atoms with E-state index in [1.807, 2.05) is 24.3 Å². The van der Waals surface area contributed by atoms with Crippen molar-refractivity contribution in [1.82, 2.24) is 0 Å². The molecule has 3 rings (SSSR count). The first-order chi connectivity index (χ1) is 20.0. The summed E-state index contributed by atoms with van der Waals surface area (Å²) in [4.78, 5) is 36.5. The van der Waals surface area contributed by atoms with Crippen molar-refractivity contribution >= 4 is 17.9 Å². The molecule has 6 heteroatoms. The summed E-state index contributed by atoms with van der Waals surface area (Å²) < 4.78 is 16.7.